The van der Waals surface area contributed by atoms with Crippen LogP contribution >= 0.6 is 12.4 Å². The number of fused-ring (bicyclic) bond motifs is 1. The van der Waals surface area contributed by atoms with E-state index in [4.69, 9.17) is 10.1 Å². The Hall–Kier alpha value is -4.62. The molecule has 0 amide bonds. The Morgan fingerprint density at radius 2 is 1.38 bits per heavy atom. The number of benzene rings is 4. The zero-order valence-corrected chi connectivity index (χ0v) is 22.1. The van der Waals surface area contributed by atoms with Gasteiger partial charge >= 0.3 is 5.97 Å². The van der Waals surface area contributed by atoms with E-state index >= 15 is 0 Å². The highest BCUT2D eigenvalue weighted by molar-refractivity contribution is 6.16. The number of aliphatic imine (C=N–C) groups is 1. The van der Waals surface area contributed by atoms with Gasteiger partial charge in [-0.3, -0.25) is 10.3 Å². The van der Waals surface area contributed by atoms with E-state index in [1.807, 2.05) is 108 Å². The lowest BCUT2D eigenvalue weighted by Gasteiger charge is -2.39. The van der Waals surface area contributed by atoms with Crippen LogP contribution < -0.4 is 4.90 Å². The number of hydrogen-bond donors (Lipinski definition) is 1. The van der Waals surface area contributed by atoms with Gasteiger partial charge < -0.3 is 14.5 Å². The molecule has 1 N–H and O–H groups in total. The number of anilines is 2. The number of halogens is 1. The number of nitrogens with zero attached hydrogens (tertiary/aromatic N) is 4. The number of nitrogens with one attached hydrogen (secondary N) is 1. The molecule has 0 unspecified atom stereocenters. The summed E-state index contributed by atoms with van der Waals surface area (Å²) in [5.41, 5.74) is 2.99. The lowest BCUT2D eigenvalue weighted by Crippen LogP contribution is -2.51. The van der Waals surface area contributed by atoms with Gasteiger partial charge in [0.15, 0.2) is 5.70 Å². The van der Waals surface area contributed by atoms with Crippen LogP contribution in [0.2, 0.25) is 0 Å². The first-order valence-corrected chi connectivity index (χ1v) is 12.7. The Labute approximate surface area is 233 Å². The first-order chi connectivity index (χ1) is 18.7. The van der Waals surface area contributed by atoms with Crippen LogP contribution in [0.5, 0.6) is 0 Å². The maximum Gasteiger partial charge on any atom is 0.365 e. The molecule has 1 fully saturated rings. The fraction of sp³-hybridized carbons (Fsp3) is 0.129. The number of para-hydroxylation sites is 2. The van der Waals surface area contributed by atoms with Crippen LogP contribution in [0.15, 0.2) is 120 Å². The van der Waals surface area contributed by atoms with Gasteiger partial charge in [-0.2, -0.15) is 0 Å². The molecule has 0 radical (unpaired) electrons. The summed E-state index contributed by atoms with van der Waals surface area (Å²) in [6.07, 6.45) is 1.79. The number of carbonyl (C=O) groups is 1. The molecular weight excluding hydrogens is 510 g/mol. The average molecular weight is 538 g/mol. The molecule has 7 nitrogen and oxygen atoms in total. The van der Waals surface area contributed by atoms with Gasteiger partial charge in [0.1, 0.15) is 0 Å². The van der Waals surface area contributed by atoms with E-state index in [1.165, 1.54) is 0 Å². The minimum absolute atomic E-state index is 0. The second-order valence-corrected chi connectivity index (χ2v) is 9.20. The summed E-state index contributed by atoms with van der Waals surface area (Å²) in [5.74, 6) is 0.313. The van der Waals surface area contributed by atoms with Crippen LogP contribution in [0.4, 0.5) is 11.4 Å². The van der Waals surface area contributed by atoms with Crippen molar-refractivity contribution >= 4 is 52.4 Å². The molecule has 1 saturated heterocycles. The monoisotopic (exact) mass is 537 g/mol. The number of rotatable bonds is 4. The van der Waals surface area contributed by atoms with Crippen molar-refractivity contribution in [2.75, 3.05) is 31.1 Å². The topological polar surface area (TPSA) is 72.2 Å². The molecule has 8 heteroatoms. The second-order valence-electron chi connectivity index (χ2n) is 9.20. The minimum Gasteiger partial charge on any atom is -0.402 e. The lowest BCUT2D eigenvalue weighted by atomic mass is 10.0. The van der Waals surface area contributed by atoms with E-state index in [0.717, 1.165) is 27.7 Å². The van der Waals surface area contributed by atoms with Gasteiger partial charge in [0.25, 0.3) is 0 Å². The van der Waals surface area contributed by atoms with Crippen LogP contribution in [0.1, 0.15) is 5.56 Å². The minimum atomic E-state index is -0.442. The SMILES string of the molecule is Cl.N=C(N1CCN(C=C2N=C(c3cccc4ccccc34)OC2=O)CC1)N(c1ccccc1)c1ccccc1. The van der Waals surface area contributed by atoms with E-state index in [0.29, 0.717) is 43.7 Å². The molecule has 0 spiro atoms. The number of piperazine rings is 1. The Bertz CT molecular complexity index is 1500. The fourth-order valence-corrected chi connectivity index (χ4v) is 4.85. The molecule has 2 heterocycles. The third-order valence-corrected chi connectivity index (χ3v) is 6.80. The molecule has 39 heavy (non-hydrogen) atoms. The Kier molecular flexibility index (Phi) is 7.61. The predicted octanol–water partition coefficient (Wildman–Crippen LogP) is 5.80. The van der Waals surface area contributed by atoms with Crippen molar-refractivity contribution in [2.24, 2.45) is 4.99 Å². The molecule has 0 bridgehead atoms. The van der Waals surface area contributed by atoms with E-state index in [2.05, 4.69) is 14.8 Å². The largest absolute Gasteiger partial charge is 0.402 e. The van der Waals surface area contributed by atoms with Crippen molar-refractivity contribution in [1.82, 2.24) is 9.80 Å². The molecule has 0 saturated carbocycles. The van der Waals surface area contributed by atoms with Gasteiger partial charge in [0.05, 0.1) is 0 Å². The lowest BCUT2D eigenvalue weighted by molar-refractivity contribution is -0.130. The van der Waals surface area contributed by atoms with E-state index < -0.39 is 5.97 Å². The highest BCUT2D eigenvalue weighted by Gasteiger charge is 2.28. The van der Waals surface area contributed by atoms with E-state index in [-0.39, 0.29) is 12.4 Å². The van der Waals surface area contributed by atoms with Crippen molar-refractivity contribution in [3.63, 3.8) is 0 Å². The van der Waals surface area contributed by atoms with Gasteiger partial charge in [-0.15, -0.1) is 12.4 Å². The average Bonchev–Trinajstić information content (AvgIpc) is 3.34. The third-order valence-electron chi connectivity index (χ3n) is 6.80. The number of esters is 1. The smallest absolute Gasteiger partial charge is 0.365 e. The number of carbonyl (C=O) groups excluding carboxylic acids is 1. The molecule has 0 aromatic heterocycles. The molecule has 2 aliphatic heterocycles. The van der Waals surface area contributed by atoms with E-state index in [1.54, 1.807) is 6.20 Å². The highest BCUT2D eigenvalue weighted by atomic mass is 35.5. The van der Waals surface area contributed by atoms with E-state index in [9.17, 15) is 4.79 Å². The van der Waals surface area contributed by atoms with Crippen LogP contribution in [-0.2, 0) is 9.53 Å². The molecule has 6 rings (SSSR count). The Morgan fingerprint density at radius 3 is 2.05 bits per heavy atom. The fourth-order valence-electron chi connectivity index (χ4n) is 4.85. The predicted molar refractivity (Wildman–Crippen MR) is 158 cm³/mol. The molecule has 0 atom stereocenters. The van der Waals surface area contributed by atoms with Gasteiger partial charge in [-0.25, -0.2) is 9.79 Å². The van der Waals surface area contributed by atoms with Crippen molar-refractivity contribution in [1.29, 1.82) is 5.41 Å². The van der Waals surface area contributed by atoms with Crippen molar-refractivity contribution < 1.29 is 9.53 Å². The second kappa shape index (κ2) is 11.4. The first-order valence-electron chi connectivity index (χ1n) is 12.7. The maximum atomic E-state index is 12.7. The summed E-state index contributed by atoms with van der Waals surface area (Å²) in [7, 11) is 0. The first kappa shape index (κ1) is 26.0. The number of cyclic esters (lactones) is 1. The van der Waals surface area contributed by atoms with Crippen molar-refractivity contribution in [3.05, 3.63) is 121 Å². The summed E-state index contributed by atoms with van der Waals surface area (Å²) in [6, 6.07) is 33.8. The molecule has 2 aliphatic rings. The summed E-state index contributed by atoms with van der Waals surface area (Å²) in [5, 5.41) is 11.1. The van der Waals surface area contributed by atoms with Gasteiger partial charge in [0, 0.05) is 49.3 Å². The standard InChI is InChI=1S/C31H27N5O2.ClH/c32-31(36(24-12-3-1-4-13-24)25-14-5-2-6-15-25)35-20-18-34(19-21-35)22-28-30(37)38-29(33-28)27-17-9-11-23-10-7-8-16-26(23)27;/h1-17,22,32H,18-21H2;1H. The van der Waals surface area contributed by atoms with Crippen LogP contribution in [0, 0.1) is 5.41 Å². The molecular formula is C31H28ClN5O2. The number of ether oxygens (including phenoxy) is 1. The number of guanidine groups is 1. The molecule has 0 aliphatic carbocycles. The van der Waals surface area contributed by atoms with Crippen LogP contribution in [0.25, 0.3) is 10.8 Å². The number of hydrogen-bond acceptors (Lipinski definition) is 5. The summed E-state index contributed by atoms with van der Waals surface area (Å²) < 4.78 is 5.56. The van der Waals surface area contributed by atoms with Gasteiger partial charge in [-0.1, -0.05) is 72.8 Å². The molecule has 196 valence electrons. The zero-order chi connectivity index (χ0) is 25.9. The molecule has 4 aromatic carbocycles. The maximum absolute atomic E-state index is 12.7. The summed E-state index contributed by atoms with van der Waals surface area (Å²) in [4.78, 5) is 23.3. The normalized spacial score (nSPS) is 16.1. The van der Waals surface area contributed by atoms with Gasteiger partial charge in [-0.05, 0) is 41.1 Å². The summed E-state index contributed by atoms with van der Waals surface area (Å²) >= 11 is 0. The third kappa shape index (κ3) is 5.35. The molecule has 4 aromatic rings. The van der Waals surface area contributed by atoms with Crippen LogP contribution in [0.3, 0.4) is 0 Å². The quantitative estimate of drug-likeness (QED) is 0.154. The Morgan fingerprint density at radius 1 is 0.795 bits per heavy atom. The van der Waals surface area contributed by atoms with Crippen molar-refractivity contribution in [2.45, 2.75) is 0 Å². The zero-order valence-electron chi connectivity index (χ0n) is 21.2. The summed E-state index contributed by atoms with van der Waals surface area (Å²) in [6.45, 7) is 2.62. The van der Waals surface area contributed by atoms with Crippen molar-refractivity contribution in [3.8, 4) is 0 Å². The van der Waals surface area contributed by atoms with Gasteiger partial charge in [0.2, 0.25) is 11.9 Å². The van der Waals surface area contributed by atoms with Crippen LogP contribution in [-0.4, -0.2) is 53.8 Å². The highest BCUT2D eigenvalue weighted by Crippen LogP contribution is 2.27. The Balaban J connectivity index is 0.00000308.